The quantitative estimate of drug-likeness (QED) is 0.359. The molecule has 0 N–H and O–H groups in total. The maximum atomic E-state index is 15.4. The fourth-order valence-corrected chi connectivity index (χ4v) is 14.0. The molecule has 3 aromatic rings. The highest BCUT2D eigenvalue weighted by Gasteiger charge is 2.74. The molecule has 188 valence electrons. The predicted molar refractivity (Wildman–Crippen MR) is 136 cm³/mol. The van der Waals surface area contributed by atoms with Crippen LogP contribution in [-0.4, -0.2) is 37.8 Å². The number of halogens is 4. The zero-order chi connectivity index (χ0) is 26.4. The van der Waals surface area contributed by atoms with E-state index in [1.807, 2.05) is 0 Å². The Morgan fingerprint density at radius 1 is 0.714 bits per heavy atom. The van der Waals surface area contributed by atoms with Crippen LogP contribution in [0, 0.1) is 5.82 Å². The number of hydrogen-bond acceptors (Lipinski definition) is 6. The summed E-state index contributed by atoms with van der Waals surface area (Å²) in [5, 5.41) is -0.354. The van der Waals surface area contributed by atoms with Crippen LogP contribution in [-0.2, 0) is 37.6 Å². The van der Waals surface area contributed by atoms with Crippen molar-refractivity contribution in [3.8, 4) is 0 Å². The summed E-state index contributed by atoms with van der Waals surface area (Å²) in [5.41, 5.74) is -1.86. The molecule has 6 nitrogen and oxygen atoms in total. The largest absolute Gasteiger partial charge is 0.259 e. The second-order valence-corrected chi connectivity index (χ2v) is 15.9. The van der Waals surface area contributed by atoms with E-state index in [-0.39, 0.29) is 10.0 Å². The highest BCUT2D eigenvalue weighted by molar-refractivity contribution is 8.23. The Kier molecular flexibility index (Phi) is 7.42. The highest BCUT2D eigenvalue weighted by Crippen LogP contribution is 2.60. The number of hydrogen-bond donors (Lipinski definition) is 0. The van der Waals surface area contributed by atoms with E-state index in [0.29, 0.717) is 12.5 Å². The van der Waals surface area contributed by atoms with Gasteiger partial charge in [0.05, 0.1) is 0 Å². The average molecular weight is 600 g/mol. The number of sulfone groups is 2. The van der Waals surface area contributed by atoms with Crippen LogP contribution >= 0.6 is 33.9 Å². The first-order valence-electron chi connectivity index (χ1n) is 9.63. The maximum Gasteiger partial charge on any atom is 0.259 e. The summed E-state index contributed by atoms with van der Waals surface area (Å²) in [4.78, 5) is 0. The third-order valence-corrected chi connectivity index (χ3v) is 13.6. The van der Waals surface area contributed by atoms with Crippen LogP contribution < -0.4 is 0 Å². The molecule has 0 aliphatic rings. The molecule has 0 bridgehead atoms. The van der Waals surface area contributed by atoms with E-state index in [0.717, 1.165) is 30.3 Å². The molecular weight excluding hydrogens is 582 g/mol. The Balaban J connectivity index is 2.94. The summed E-state index contributed by atoms with van der Waals surface area (Å²) in [6.07, 6.45) is 1.10. The van der Waals surface area contributed by atoms with Crippen molar-refractivity contribution in [3.63, 3.8) is 0 Å². The van der Waals surface area contributed by atoms with Gasteiger partial charge in [0.25, 0.3) is 9.05 Å². The number of benzene rings is 3. The van der Waals surface area contributed by atoms with Gasteiger partial charge >= 0.3 is 0 Å². The van der Waals surface area contributed by atoms with Crippen molar-refractivity contribution < 1.29 is 29.6 Å². The van der Waals surface area contributed by atoms with Crippen LogP contribution in [0.5, 0.6) is 0 Å². The van der Waals surface area contributed by atoms with E-state index in [2.05, 4.69) is 0 Å². The summed E-state index contributed by atoms with van der Waals surface area (Å²) < 4.78 is 91.1. The van der Waals surface area contributed by atoms with Gasteiger partial charge < -0.3 is 0 Å². The summed E-state index contributed by atoms with van der Waals surface area (Å²) in [5.74, 6) is -1.32. The molecule has 0 aliphatic heterocycles. The molecule has 0 spiro atoms. The molecule has 0 radical (unpaired) electrons. The summed E-state index contributed by atoms with van der Waals surface area (Å²) in [6.45, 7) is 0. The lowest BCUT2D eigenvalue weighted by atomic mass is 9.83. The molecule has 0 heterocycles. The second kappa shape index (κ2) is 9.32. The molecule has 0 saturated heterocycles. The van der Waals surface area contributed by atoms with Crippen LogP contribution in [0.25, 0.3) is 0 Å². The van der Waals surface area contributed by atoms with Crippen molar-refractivity contribution in [1.29, 1.82) is 0 Å². The van der Waals surface area contributed by atoms with Gasteiger partial charge in [-0.25, -0.2) is 29.6 Å². The second-order valence-electron chi connectivity index (χ2n) is 7.75. The fraction of sp³-hybridized carbons (Fsp3) is 0.182. The lowest BCUT2D eigenvalue weighted by molar-refractivity contribution is 0.475. The van der Waals surface area contributed by atoms with E-state index in [1.165, 1.54) is 42.5 Å². The lowest BCUT2D eigenvalue weighted by Crippen LogP contribution is -2.62. The van der Waals surface area contributed by atoms with Gasteiger partial charge in [-0.2, -0.15) is 0 Å². The summed E-state index contributed by atoms with van der Waals surface area (Å²) in [7, 11) is -9.73. The van der Waals surface area contributed by atoms with Crippen molar-refractivity contribution >= 4 is 62.6 Å². The molecule has 0 saturated carbocycles. The SMILES string of the molecule is CS(=O)(=O)C(c1cccc(Cl)c1)(c1ccccc1Cl)C(c1ccccc1F)(S(C)(=O)=O)S(=O)(=O)Cl. The summed E-state index contributed by atoms with van der Waals surface area (Å²) in [6, 6.07) is 14.1. The molecule has 0 amide bonds. The number of rotatable bonds is 7. The Labute approximate surface area is 217 Å². The van der Waals surface area contributed by atoms with Crippen molar-refractivity contribution in [2.45, 2.75) is 8.83 Å². The molecule has 13 heteroatoms. The minimum absolute atomic E-state index is 0.0505. The molecule has 0 aliphatic carbocycles. The van der Waals surface area contributed by atoms with Crippen molar-refractivity contribution in [3.05, 3.63) is 105 Å². The van der Waals surface area contributed by atoms with E-state index >= 15 is 4.39 Å². The van der Waals surface area contributed by atoms with Crippen LogP contribution in [0.2, 0.25) is 10.0 Å². The van der Waals surface area contributed by atoms with E-state index in [1.54, 1.807) is 0 Å². The van der Waals surface area contributed by atoms with Gasteiger partial charge in [0.1, 0.15) is 5.82 Å². The van der Waals surface area contributed by atoms with Crippen molar-refractivity contribution in [2.24, 2.45) is 0 Å². The zero-order valence-corrected chi connectivity index (χ0v) is 22.8. The van der Waals surface area contributed by atoms with Crippen LogP contribution in [0.1, 0.15) is 16.7 Å². The van der Waals surface area contributed by atoms with Gasteiger partial charge in [-0.3, -0.25) is 0 Å². The minimum atomic E-state index is -5.56. The van der Waals surface area contributed by atoms with E-state index in [9.17, 15) is 25.3 Å². The van der Waals surface area contributed by atoms with Gasteiger partial charge in [0.2, 0.25) is 4.08 Å². The van der Waals surface area contributed by atoms with Gasteiger partial charge in [-0.05, 0) is 35.4 Å². The third kappa shape index (κ3) is 4.18. The molecule has 35 heavy (non-hydrogen) atoms. The molecule has 3 rings (SSSR count). The fourth-order valence-electron chi connectivity index (χ4n) is 4.50. The smallest absolute Gasteiger partial charge is 0.228 e. The molecular formula is C22H18Cl3FO6S3. The van der Waals surface area contributed by atoms with Gasteiger partial charge in [0.15, 0.2) is 24.4 Å². The van der Waals surface area contributed by atoms with Crippen molar-refractivity contribution in [2.75, 3.05) is 12.5 Å². The molecule has 2 atom stereocenters. The normalized spacial score (nSPS) is 16.3. The topological polar surface area (TPSA) is 102 Å². The van der Waals surface area contributed by atoms with Crippen LogP contribution in [0.4, 0.5) is 4.39 Å². The monoisotopic (exact) mass is 598 g/mol. The predicted octanol–water partition coefficient (Wildman–Crippen LogP) is 4.89. The van der Waals surface area contributed by atoms with Gasteiger partial charge in [-0.15, -0.1) is 0 Å². The Hall–Kier alpha value is -1.69. The molecule has 0 aromatic heterocycles. The first-order valence-corrected chi connectivity index (χ1v) is 16.5. The van der Waals surface area contributed by atoms with Gasteiger partial charge in [-0.1, -0.05) is 71.7 Å². The maximum absolute atomic E-state index is 15.4. The standard InChI is InChI=1S/C22H18Cl3FO6S3/c1-33(27,28)21(15-8-7-9-16(23)14-15,17-10-3-5-12-19(17)24)22(34(2,29)30,35(25,31)32)18-11-4-6-13-20(18)26/h3-14H,1-2H3. The van der Waals surface area contributed by atoms with Crippen molar-refractivity contribution in [1.82, 2.24) is 0 Å². The van der Waals surface area contributed by atoms with E-state index < -0.39 is 60.1 Å². The Bertz CT molecular complexity index is 1590. The molecule has 0 fully saturated rings. The minimum Gasteiger partial charge on any atom is -0.228 e. The molecule has 2 unspecified atom stereocenters. The van der Waals surface area contributed by atoms with Crippen LogP contribution in [0.15, 0.2) is 72.8 Å². The zero-order valence-electron chi connectivity index (χ0n) is 18.1. The first-order chi connectivity index (χ1) is 16.0. The van der Waals surface area contributed by atoms with Crippen LogP contribution in [0.3, 0.4) is 0 Å². The lowest BCUT2D eigenvalue weighted by Gasteiger charge is -2.46. The Morgan fingerprint density at radius 2 is 1.26 bits per heavy atom. The highest BCUT2D eigenvalue weighted by atomic mass is 35.7. The third-order valence-electron chi connectivity index (χ3n) is 5.60. The molecule has 3 aromatic carbocycles. The summed E-state index contributed by atoms with van der Waals surface area (Å²) >= 11 is 12.6. The Morgan fingerprint density at radius 3 is 1.71 bits per heavy atom. The van der Waals surface area contributed by atoms with E-state index in [4.69, 9.17) is 33.9 Å². The van der Waals surface area contributed by atoms with Gasteiger partial charge in [0, 0.05) is 38.8 Å². The first kappa shape index (κ1) is 27.9. The average Bonchev–Trinajstić information content (AvgIpc) is 2.70.